The minimum Gasteiger partial charge on any atom is -0.375 e. The van der Waals surface area contributed by atoms with Crippen molar-refractivity contribution < 1.29 is 4.79 Å². The van der Waals surface area contributed by atoms with Crippen molar-refractivity contribution in [2.45, 2.75) is 33.6 Å². The molecule has 2 N–H and O–H groups in total. The predicted octanol–water partition coefficient (Wildman–Crippen LogP) is 3.88. The highest BCUT2D eigenvalue weighted by atomic mass is 32.1. The minimum absolute atomic E-state index is 0.0138. The predicted molar refractivity (Wildman–Crippen MR) is 103 cm³/mol. The Hall–Kier alpha value is -1.77. The zero-order chi connectivity index (χ0) is 17.3. The fourth-order valence-electron chi connectivity index (χ4n) is 2.73. The molecule has 0 atom stereocenters. The van der Waals surface area contributed by atoms with Gasteiger partial charge in [0.1, 0.15) is 0 Å². The zero-order valence-corrected chi connectivity index (χ0v) is 15.7. The van der Waals surface area contributed by atoms with E-state index in [9.17, 15) is 4.79 Å². The van der Waals surface area contributed by atoms with Gasteiger partial charge in [-0.2, -0.15) is 0 Å². The molecule has 6 nitrogen and oxygen atoms in total. The number of nitrogens with two attached hydrogens (primary N) is 1. The number of rotatable bonds is 6. The molecule has 0 aliphatic rings. The molecule has 3 aromatic rings. The van der Waals surface area contributed by atoms with Crippen molar-refractivity contribution >= 4 is 59.3 Å². The number of nitrogen functional groups attached to an aromatic ring is 1. The Morgan fingerprint density at radius 3 is 2.33 bits per heavy atom. The van der Waals surface area contributed by atoms with E-state index < -0.39 is 0 Å². The normalized spacial score (nSPS) is 11.7. The summed E-state index contributed by atoms with van der Waals surface area (Å²) in [7, 11) is 0. The van der Waals surface area contributed by atoms with E-state index in [0.29, 0.717) is 10.3 Å². The summed E-state index contributed by atoms with van der Waals surface area (Å²) in [5.74, 6) is -0.0138. The minimum atomic E-state index is -0.0138. The first-order valence-electron chi connectivity index (χ1n) is 8.05. The van der Waals surface area contributed by atoms with E-state index in [1.54, 1.807) is 11.9 Å². The summed E-state index contributed by atoms with van der Waals surface area (Å²) >= 11 is 3.00. The van der Waals surface area contributed by atoms with Crippen molar-refractivity contribution in [3.63, 3.8) is 0 Å². The van der Waals surface area contributed by atoms with Crippen LogP contribution in [0.3, 0.4) is 0 Å². The van der Waals surface area contributed by atoms with Crippen LogP contribution in [0.5, 0.6) is 0 Å². The van der Waals surface area contributed by atoms with E-state index in [-0.39, 0.29) is 5.91 Å². The maximum atomic E-state index is 12.3. The van der Waals surface area contributed by atoms with Gasteiger partial charge in [-0.25, -0.2) is 20.0 Å². The Balaban J connectivity index is 2.05. The third-order valence-electron chi connectivity index (χ3n) is 3.63. The number of hydrogen-bond acceptors (Lipinski definition) is 7. The van der Waals surface area contributed by atoms with E-state index in [4.69, 9.17) is 5.73 Å². The maximum Gasteiger partial charge on any atom is 0.240 e. The van der Waals surface area contributed by atoms with Crippen LogP contribution in [0.1, 0.15) is 33.6 Å². The Kier molecular flexibility index (Phi) is 4.98. The second-order valence-electron chi connectivity index (χ2n) is 5.62. The number of thiazole rings is 2. The summed E-state index contributed by atoms with van der Waals surface area (Å²) in [5.41, 5.74) is 7.49. The molecule has 0 unspecified atom stereocenters. The third-order valence-corrected chi connectivity index (χ3v) is 5.47. The molecule has 128 valence electrons. The lowest BCUT2D eigenvalue weighted by Crippen LogP contribution is -2.46. The largest absolute Gasteiger partial charge is 0.375 e. The number of carbonyl (C=O) groups excluding carboxylic acids is 1. The van der Waals surface area contributed by atoms with Crippen molar-refractivity contribution in [1.29, 1.82) is 0 Å². The molecule has 1 amide bonds. The summed E-state index contributed by atoms with van der Waals surface area (Å²) in [6, 6.07) is 4.00. The zero-order valence-electron chi connectivity index (χ0n) is 14.1. The van der Waals surface area contributed by atoms with E-state index >= 15 is 0 Å². The van der Waals surface area contributed by atoms with Crippen molar-refractivity contribution in [3.8, 4) is 0 Å². The highest BCUT2D eigenvalue weighted by molar-refractivity contribution is 7.24. The van der Waals surface area contributed by atoms with E-state index in [2.05, 4.69) is 34.9 Å². The fourth-order valence-corrected chi connectivity index (χ4v) is 4.62. The average Bonchev–Trinajstić information content (AvgIpc) is 3.05. The van der Waals surface area contributed by atoms with Crippen molar-refractivity contribution in [1.82, 2.24) is 15.0 Å². The molecule has 8 heteroatoms. The fraction of sp³-hybridized carbons (Fsp3) is 0.438. The third kappa shape index (κ3) is 3.22. The number of aromatic nitrogens is 2. The molecule has 0 aliphatic carbocycles. The van der Waals surface area contributed by atoms with Gasteiger partial charge in [-0.05, 0) is 25.0 Å². The lowest BCUT2D eigenvalue weighted by molar-refractivity contribution is -0.119. The molecule has 0 bridgehead atoms. The second-order valence-corrected chi connectivity index (χ2v) is 7.69. The van der Waals surface area contributed by atoms with Gasteiger partial charge in [-0.1, -0.05) is 36.5 Å². The van der Waals surface area contributed by atoms with Gasteiger partial charge in [-0.15, -0.1) is 0 Å². The Bertz CT molecular complexity index is 815. The first-order chi connectivity index (χ1) is 11.5. The molecule has 2 heterocycles. The number of hydrogen-bond donors (Lipinski definition) is 1. The summed E-state index contributed by atoms with van der Waals surface area (Å²) < 4.78 is 2.09. The van der Waals surface area contributed by atoms with Gasteiger partial charge in [0.25, 0.3) is 0 Å². The van der Waals surface area contributed by atoms with E-state index in [0.717, 1.165) is 46.4 Å². The number of carbonyl (C=O) groups is 1. The van der Waals surface area contributed by atoms with Gasteiger partial charge in [-0.3, -0.25) is 4.79 Å². The van der Waals surface area contributed by atoms with Crippen LogP contribution in [-0.4, -0.2) is 34.0 Å². The van der Waals surface area contributed by atoms with E-state index in [1.165, 1.54) is 22.7 Å². The molecule has 0 fully saturated rings. The lowest BCUT2D eigenvalue weighted by atomic mass is 10.3. The molecule has 1 aromatic carbocycles. The Morgan fingerprint density at radius 2 is 1.71 bits per heavy atom. The van der Waals surface area contributed by atoms with Crippen LogP contribution in [0.25, 0.3) is 20.4 Å². The molecule has 0 saturated heterocycles. The van der Waals surface area contributed by atoms with Crippen molar-refractivity contribution in [2.24, 2.45) is 0 Å². The second kappa shape index (κ2) is 7.00. The molecule has 0 saturated carbocycles. The number of amides is 1. The van der Waals surface area contributed by atoms with Gasteiger partial charge in [0.2, 0.25) is 11.0 Å². The van der Waals surface area contributed by atoms with Gasteiger partial charge in [0.15, 0.2) is 5.13 Å². The molecule has 0 spiro atoms. The van der Waals surface area contributed by atoms with Crippen LogP contribution in [0.2, 0.25) is 0 Å². The van der Waals surface area contributed by atoms with Gasteiger partial charge < -0.3 is 5.73 Å². The lowest BCUT2D eigenvalue weighted by Gasteiger charge is -2.31. The maximum absolute atomic E-state index is 12.3. The molecule has 0 aliphatic heterocycles. The average molecular weight is 364 g/mol. The molecular formula is C16H21N5OS2. The SMILES string of the molecule is CCCN(CCC)N(C(C)=O)c1nc2cc3nc(N)sc3cc2s1. The van der Waals surface area contributed by atoms with Crippen LogP contribution < -0.4 is 10.7 Å². The Labute approximate surface area is 148 Å². The molecular weight excluding hydrogens is 342 g/mol. The number of benzene rings is 1. The number of anilines is 2. The number of hydrazine groups is 1. The van der Waals surface area contributed by atoms with Crippen molar-refractivity contribution in [3.05, 3.63) is 12.1 Å². The van der Waals surface area contributed by atoms with Crippen LogP contribution in [-0.2, 0) is 4.79 Å². The van der Waals surface area contributed by atoms with Crippen LogP contribution in [0.4, 0.5) is 10.3 Å². The number of nitrogens with zero attached hydrogens (tertiary/aromatic N) is 4. The molecule has 0 radical (unpaired) electrons. The standard InChI is InChI=1S/C16H21N5OS2/c1-4-6-20(7-5-2)21(10(3)22)16-19-12-8-11-13(9-14(12)24-16)23-15(17)18-11/h8-9H,4-7H2,1-3H3,(H2,17,18). The highest BCUT2D eigenvalue weighted by Gasteiger charge is 2.23. The quantitative estimate of drug-likeness (QED) is 0.673. The first-order valence-corrected chi connectivity index (χ1v) is 9.69. The van der Waals surface area contributed by atoms with Crippen LogP contribution in [0, 0.1) is 0 Å². The van der Waals surface area contributed by atoms with Crippen LogP contribution in [0.15, 0.2) is 12.1 Å². The number of fused-ring (bicyclic) bond motifs is 2. The summed E-state index contributed by atoms with van der Waals surface area (Å²) in [6.45, 7) is 7.48. The molecule has 3 rings (SSSR count). The highest BCUT2D eigenvalue weighted by Crippen LogP contribution is 2.35. The topological polar surface area (TPSA) is 75.3 Å². The smallest absolute Gasteiger partial charge is 0.240 e. The first kappa shape index (κ1) is 17.1. The summed E-state index contributed by atoms with van der Waals surface area (Å²) in [5, 5.41) is 5.07. The molecule has 2 aromatic heterocycles. The van der Waals surface area contributed by atoms with E-state index in [1.807, 2.05) is 6.07 Å². The Morgan fingerprint density at radius 1 is 1.08 bits per heavy atom. The van der Waals surface area contributed by atoms with Gasteiger partial charge >= 0.3 is 0 Å². The van der Waals surface area contributed by atoms with Gasteiger partial charge in [0, 0.05) is 20.0 Å². The van der Waals surface area contributed by atoms with Crippen molar-refractivity contribution in [2.75, 3.05) is 23.8 Å². The molecule has 24 heavy (non-hydrogen) atoms. The van der Waals surface area contributed by atoms with Crippen LogP contribution >= 0.6 is 22.7 Å². The monoisotopic (exact) mass is 363 g/mol. The summed E-state index contributed by atoms with van der Waals surface area (Å²) in [4.78, 5) is 21.3. The summed E-state index contributed by atoms with van der Waals surface area (Å²) in [6.07, 6.45) is 1.96. The van der Waals surface area contributed by atoms with Gasteiger partial charge in [0.05, 0.1) is 20.4 Å².